The summed E-state index contributed by atoms with van der Waals surface area (Å²) in [6.45, 7) is 12.0. The summed E-state index contributed by atoms with van der Waals surface area (Å²) in [4.78, 5) is 23.1. The third-order valence-corrected chi connectivity index (χ3v) is 4.70. The second-order valence-electron chi connectivity index (χ2n) is 7.16. The van der Waals surface area contributed by atoms with Gasteiger partial charge in [0.1, 0.15) is 11.5 Å². The van der Waals surface area contributed by atoms with Crippen molar-refractivity contribution < 1.29 is 28.5 Å². The van der Waals surface area contributed by atoms with Crippen LogP contribution < -0.4 is 9.47 Å². The van der Waals surface area contributed by atoms with Gasteiger partial charge in [-0.1, -0.05) is 38.1 Å². The van der Waals surface area contributed by atoms with Crippen LogP contribution in [0.25, 0.3) is 0 Å². The van der Waals surface area contributed by atoms with Gasteiger partial charge in [0.25, 0.3) is 0 Å². The molecule has 0 atom stereocenters. The average molecular weight is 400 g/mol. The van der Waals surface area contributed by atoms with E-state index in [2.05, 4.69) is 13.8 Å². The molecule has 0 aromatic heterocycles. The molecule has 0 aliphatic rings. The SMILES string of the molecule is CCOC(=O)Oc1ccc(C(C)(C)c2ccc(OC(=O)OCC)c(C)c2)cc1C. The molecule has 2 rings (SSSR count). The van der Waals surface area contributed by atoms with Crippen molar-refractivity contribution in [3.63, 3.8) is 0 Å². The Labute approximate surface area is 171 Å². The zero-order chi connectivity index (χ0) is 21.6. The number of carbonyl (C=O) groups excluding carboxylic acids is 2. The first-order valence-corrected chi connectivity index (χ1v) is 9.60. The largest absolute Gasteiger partial charge is 0.513 e. The molecule has 0 amide bonds. The molecular formula is C23H28O6. The minimum Gasteiger partial charge on any atom is -0.434 e. The topological polar surface area (TPSA) is 71.1 Å². The first kappa shape index (κ1) is 22.3. The molecule has 0 radical (unpaired) electrons. The lowest BCUT2D eigenvalue weighted by Crippen LogP contribution is -2.20. The minimum absolute atomic E-state index is 0.262. The van der Waals surface area contributed by atoms with Gasteiger partial charge >= 0.3 is 12.3 Å². The van der Waals surface area contributed by atoms with E-state index in [1.165, 1.54) is 0 Å². The maximum Gasteiger partial charge on any atom is 0.513 e. The lowest BCUT2D eigenvalue weighted by Gasteiger charge is -2.27. The summed E-state index contributed by atoms with van der Waals surface area (Å²) in [7, 11) is 0. The third-order valence-electron chi connectivity index (χ3n) is 4.70. The van der Waals surface area contributed by atoms with E-state index in [0.717, 1.165) is 22.3 Å². The van der Waals surface area contributed by atoms with E-state index in [0.29, 0.717) is 11.5 Å². The molecule has 0 N–H and O–H groups in total. The summed E-state index contributed by atoms with van der Waals surface area (Å²) >= 11 is 0. The molecule has 0 bridgehead atoms. The highest BCUT2D eigenvalue weighted by atomic mass is 16.7. The third kappa shape index (κ3) is 5.50. The van der Waals surface area contributed by atoms with Crippen LogP contribution in [0.2, 0.25) is 0 Å². The van der Waals surface area contributed by atoms with Crippen LogP contribution in [-0.4, -0.2) is 25.5 Å². The van der Waals surface area contributed by atoms with Gasteiger partial charge in [-0.2, -0.15) is 0 Å². The summed E-state index contributed by atoms with van der Waals surface area (Å²) in [6.07, 6.45) is -1.43. The fourth-order valence-corrected chi connectivity index (χ4v) is 2.95. The highest BCUT2D eigenvalue weighted by Crippen LogP contribution is 2.36. The highest BCUT2D eigenvalue weighted by Gasteiger charge is 2.25. The number of ether oxygens (including phenoxy) is 4. The quantitative estimate of drug-likeness (QED) is 0.457. The van der Waals surface area contributed by atoms with Gasteiger partial charge in [-0.25, -0.2) is 9.59 Å². The summed E-state index contributed by atoms with van der Waals surface area (Å²) in [6, 6.07) is 11.4. The molecule has 156 valence electrons. The Morgan fingerprint density at radius 1 is 0.759 bits per heavy atom. The van der Waals surface area contributed by atoms with E-state index in [4.69, 9.17) is 18.9 Å². The molecule has 6 heteroatoms. The van der Waals surface area contributed by atoms with Crippen molar-refractivity contribution >= 4 is 12.3 Å². The average Bonchev–Trinajstić information content (AvgIpc) is 2.65. The van der Waals surface area contributed by atoms with Crippen LogP contribution in [0.4, 0.5) is 9.59 Å². The summed E-state index contributed by atoms with van der Waals surface area (Å²) in [5, 5.41) is 0. The van der Waals surface area contributed by atoms with E-state index in [1.54, 1.807) is 26.0 Å². The smallest absolute Gasteiger partial charge is 0.434 e. The zero-order valence-corrected chi connectivity index (χ0v) is 17.8. The Kier molecular flexibility index (Phi) is 7.26. The molecule has 0 aliphatic carbocycles. The van der Waals surface area contributed by atoms with Crippen LogP contribution >= 0.6 is 0 Å². The van der Waals surface area contributed by atoms with E-state index in [9.17, 15) is 9.59 Å². The van der Waals surface area contributed by atoms with Crippen LogP contribution in [0.1, 0.15) is 49.9 Å². The number of hydrogen-bond acceptors (Lipinski definition) is 6. The van der Waals surface area contributed by atoms with Gasteiger partial charge in [0.05, 0.1) is 13.2 Å². The first-order valence-electron chi connectivity index (χ1n) is 9.60. The van der Waals surface area contributed by atoms with E-state index < -0.39 is 12.3 Å². The Morgan fingerprint density at radius 3 is 1.45 bits per heavy atom. The van der Waals surface area contributed by atoms with Crippen LogP contribution in [0.5, 0.6) is 11.5 Å². The maximum absolute atomic E-state index is 11.6. The summed E-state index contributed by atoms with van der Waals surface area (Å²) in [5.41, 5.74) is 3.47. The van der Waals surface area contributed by atoms with Crippen LogP contribution in [0.3, 0.4) is 0 Å². The van der Waals surface area contributed by atoms with Crippen molar-refractivity contribution in [1.29, 1.82) is 0 Å². The molecule has 0 aliphatic heterocycles. The van der Waals surface area contributed by atoms with Crippen LogP contribution in [-0.2, 0) is 14.9 Å². The van der Waals surface area contributed by atoms with Crippen molar-refractivity contribution in [2.75, 3.05) is 13.2 Å². The Balaban J connectivity index is 2.25. The molecule has 0 spiro atoms. The van der Waals surface area contributed by atoms with Gasteiger partial charge in [-0.05, 0) is 62.1 Å². The molecule has 6 nitrogen and oxygen atoms in total. The van der Waals surface area contributed by atoms with Crippen LogP contribution in [0, 0.1) is 13.8 Å². The van der Waals surface area contributed by atoms with Crippen molar-refractivity contribution in [1.82, 2.24) is 0 Å². The number of benzene rings is 2. The van der Waals surface area contributed by atoms with E-state index in [-0.39, 0.29) is 18.6 Å². The van der Waals surface area contributed by atoms with Crippen molar-refractivity contribution in [3.8, 4) is 11.5 Å². The Morgan fingerprint density at radius 2 is 1.14 bits per heavy atom. The second kappa shape index (κ2) is 9.45. The number of carbonyl (C=O) groups is 2. The Bertz CT molecular complexity index is 813. The summed E-state index contributed by atoms with van der Waals surface area (Å²) in [5.74, 6) is 0.940. The predicted octanol–water partition coefficient (Wildman–Crippen LogP) is 5.70. The minimum atomic E-state index is -0.713. The van der Waals surface area contributed by atoms with Gasteiger partial charge in [0.15, 0.2) is 0 Å². The fraction of sp³-hybridized carbons (Fsp3) is 0.391. The number of aryl methyl sites for hydroxylation is 2. The normalized spacial score (nSPS) is 11.0. The monoisotopic (exact) mass is 400 g/mol. The molecular weight excluding hydrogens is 372 g/mol. The highest BCUT2D eigenvalue weighted by molar-refractivity contribution is 5.65. The summed E-state index contributed by atoms with van der Waals surface area (Å²) < 4.78 is 20.1. The van der Waals surface area contributed by atoms with Gasteiger partial charge in [-0.3, -0.25) is 0 Å². The molecule has 0 fully saturated rings. The molecule has 0 saturated carbocycles. The van der Waals surface area contributed by atoms with E-state index in [1.807, 2.05) is 38.1 Å². The predicted molar refractivity (Wildman–Crippen MR) is 110 cm³/mol. The molecule has 0 unspecified atom stereocenters. The lowest BCUT2D eigenvalue weighted by molar-refractivity contribution is 0.103. The molecule has 0 saturated heterocycles. The second-order valence-corrected chi connectivity index (χ2v) is 7.16. The number of hydrogen-bond donors (Lipinski definition) is 0. The Hall–Kier alpha value is -3.02. The van der Waals surface area contributed by atoms with Crippen molar-refractivity contribution in [3.05, 3.63) is 58.7 Å². The molecule has 0 heterocycles. The zero-order valence-electron chi connectivity index (χ0n) is 17.8. The van der Waals surface area contributed by atoms with Crippen molar-refractivity contribution in [2.24, 2.45) is 0 Å². The van der Waals surface area contributed by atoms with E-state index >= 15 is 0 Å². The van der Waals surface area contributed by atoms with Gasteiger partial charge in [-0.15, -0.1) is 0 Å². The van der Waals surface area contributed by atoms with Gasteiger partial charge in [0.2, 0.25) is 0 Å². The standard InChI is InChI=1S/C23H28O6/c1-7-26-21(24)28-19-11-9-17(13-15(19)3)23(5,6)18-10-12-20(16(4)14-18)29-22(25)27-8-2/h9-14H,7-8H2,1-6H3. The molecule has 2 aromatic carbocycles. The maximum atomic E-state index is 11.6. The van der Waals surface area contributed by atoms with Gasteiger partial charge in [0, 0.05) is 5.41 Å². The fourth-order valence-electron chi connectivity index (χ4n) is 2.95. The van der Waals surface area contributed by atoms with Crippen LogP contribution in [0.15, 0.2) is 36.4 Å². The van der Waals surface area contributed by atoms with Crippen molar-refractivity contribution in [2.45, 2.75) is 47.0 Å². The lowest BCUT2D eigenvalue weighted by atomic mass is 9.77. The first-order chi connectivity index (χ1) is 13.7. The number of rotatable bonds is 6. The molecule has 29 heavy (non-hydrogen) atoms. The molecule has 2 aromatic rings. The van der Waals surface area contributed by atoms with Gasteiger partial charge < -0.3 is 18.9 Å².